The van der Waals surface area contributed by atoms with Crippen LogP contribution in [0.4, 0.5) is 5.69 Å². The van der Waals surface area contributed by atoms with Gasteiger partial charge in [-0.3, -0.25) is 14.2 Å². The zero-order valence-electron chi connectivity index (χ0n) is 15.1. The van der Waals surface area contributed by atoms with Crippen LogP contribution in [0.1, 0.15) is 25.5 Å². The number of carbonyl (C=O) groups excluding carboxylic acids is 1. The third-order valence-electron chi connectivity index (χ3n) is 3.94. The number of thioether (sulfide) groups is 1. The lowest BCUT2D eigenvalue weighted by Crippen LogP contribution is -2.24. The molecule has 27 heavy (non-hydrogen) atoms. The van der Waals surface area contributed by atoms with Gasteiger partial charge < -0.3 is 10.3 Å². The number of halogens is 1. The minimum Gasteiger partial charge on any atom is -0.353 e. The smallest absolute Gasteiger partial charge is 0.278 e. The van der Waals surface area contributed by atoms with Gasteiger partial charge in [0.1, 0.15) is 5.52 Å². The summed E-state index contributed by atoms with van der Waals surface area (Å²) >= 11 is 7.19. The molecule has 3 heterocycles. The standard InChI is InChI=1S/C18H20ClN5O2S/c1-3-4-8-24-17(26)15-13(9-11(2)21-15)23-18(24)27-10-14(25)22-12-6-5-7-20-16(12)19/h5-7,9,21H,3-4,8,10H2,1-2H3,(H,22,25). The SMILES string of the molecule is CCCCn1c(SCC(=O)Nc2cccnc2Cl)nc2cc(C)[nH]c2c1=O. The van der Waals surface area contributed by atoms with Crippen LogP contribution in [-0.4, -0.2) is 31.2 Å². The first kappa shape index (κ1) is 19.4. The molecular formula is C18H20ClN5O2S. The fourth-order valence-corrected chi connectivity index (χ4v) is 3.62. The van der Waals surface area contributed by atoms with Crippen molar-refractivity contribution in [2.45, 2.75) is 38.4 Å². The second-order valence-corrected chi connectivity index (χ2v) is 7.40. The molecule has 3 rings (SSSR count). The number of anilines is 1. The van der Waals surface area contributed by atoms with Crippen LogP contribution >= 0.6 is 23.4 Å². The Kier molecular flexibility index (Phi) is 6.18. The Morgan fingerprint density at radius 2 is 2.26 bits per heavy atom. The number of nitrogens with zero attached hydrogens (tertiary/aromatic N) is 3. The van der Waals surface area contributed by atoms with Gasteiger partial charge in [-0.1, -0.05) is 36.7 Å². The predicted molar refractivity (Wildman–Crippen MR) is 109 cm³/mol. The summed E-state index contributed by atoms with van der Waals surface area (Å²) in [6.07, 6.45) is 3.37. The van der Waals surface area contributed by atoms with Crippen molar-refractivity contribution < 1.29 is 4.79 Å². The lowest BCUT2D eigenvalue weighted by atomic mass is 10.3. The number of aryl methyl sites for hydroxylation is 1. The summed E-state index contributed by atoms with van der Waals surface area (Å²) in [5, 5.41) is 3.49. The van der Waals surface area contributed by atoms with Crippen LogP contribution in [0.25, 0.3) is 11.0 Å². The molecule has 0 saturated carbocycles. The Balaban J connectivity index is 1.81. The molecule has 9 heteroatoms. The molecule has 1 amide bonds. The number of carbonyl (C=O) groups is 1. The zero-order valence-corrected chi connectivity index (χ0v) is 16.7. The molecule has 0 aliphatic heterocycles. The first-order valence-electron chi connectivity index (χ1n) is 8.63. The first-order chi connectivity index (χ1) is 13.0. The number of aromatic amines is 1. The summed E-state index contributed by atoms with van der Waals surface area (Å²) < 4.78 is 1.64. The Hall–Kier alpha value is -2.32. The van der Waals surface area contributed by atoms with Gasteiger partial charge in [0.05, 0.1) is 17.0 Å². The van der Waals surface area contributed by atoms with Gasteiger partial charge >= 0.3 is 0 Å². The Morgan fingerprint density at radius 3 is 3.00 bits per heavy atom. The molecule has 3 aromatic heterocycles. The van der Waals surface area contributed by atoms with E-state index in [2.05, 4.69) is 27.2 Å². The summed E-state index contributed by atoms with van der Waals surface area (Å²) in [5.41, 5.74) is 2.34. The minimum absolute atomic E-state index is 0.110. The summed E-state index contributed by atoms with van der Waals surface area (Å²) in [4.78, 5) is 36.7. The lowest BCUT2D eigenvalue weighted by Gasteiger charge is -2.11. The van der Waals surface area contributed by atoms with E-state index in [0.29, 0.717) is 28.4 Å². The molecule has 0 radical (unpaired) electrons. The van der Waals surface area contributed by atoms with Crippen molar-refractivity contribution in [3.8, 4) is 0 Å². The quantitative estimate of drug-likeness (QED) is 0.356. The summed E-state index contributed by atoms with van der Waals surface area (Å²) in [5.74, 6) is -0.129. The van der Waals surface area contributed by atoms with Crippen LogP contribution in [0, 0.1) is 6.92 Å². The van der Waals surface area contributed by atoms with Gasteiger partial charge in [-0.15, -0.1) is 0 Å². The second-order valence-electron chi connectivity index (χ2n) is 6.10. The second kappa shape index (κ2) is 8.58. The number of rotatable bonds is 7. The monoisotopic (exact) mass is 405 g/mol. The number of nitrogens with one attached hydrogen (secondary N) is 2. The average molecular weight is 406 g/mol. The molecule has 0 unspecified atom stereocenters. The molecule has 0 spiro atoms. The molecule has 0 aliphatic carbocycles. The molecule has 0 bridgehead atoms. The van der Waals surface area contributed by atoms with E-state index in [1.54, 1.807) is 22.9 Å². The summed E-state index contributed by atoms with van der Waals surface area (Å²) in [6, 6.07) is 5.21. The molecule has 0 atom stereocenters. The maximum Gasteiger partial charge on any atom is 0.278 e. The van der Waals surface area contributed by atoms with E-state index in [1.165, 1.54) is 11.8 Å². The zero-order chi connectivity index (χ0) is 19.4. The Bertz CT molecular complexity index is 1030. The number of hydrogen-bond donors (Lipinski definition) is 2. The van der Waals surface area contributed by atoms with Crippen LogP contribution in [0.2, 0.25) is 5.15 Å². The van der Waals surface area contributed by atoms with Gasteiger partial charge in [-0.05, 0) is 31.5 Å². The topological polar surface area (TPSA) is 92.7 Å². The van der Waals surface area contributed by atoms with E-state index >= 15 is 0 Å². The van der Waals surface area contributed by atoms with Gasteiger partial charge in [-0.25, -0.2) is 9.97 Å². The van der Waals surface area contributed by atoms with Crippen molar-refractivity contribution in [2.75, 3.05) is 11.1 Å². The van der Waals surface area contributed by atoms with Gasteiger partial charge in [0.2, 0.25) is 5.91 Å². The number of aromatic nitrogens is 4. The third kappa shape index (κ3) is 4.51. The summed E-state index contributed by atoms with van der Waals surface area (Å²) in [6.45, 7) is 4.51. The number of amides is 1. The van der Waals surface area contributed by atoms with E-state index in [1.807, 2.05) is 13.0 Å². The highest BCUT2D eigenvalue weighted by Crippen LogP contribution is 2.21. The highest BCUT2D eigenvalue weighted by molar-refractivity contribution is 7.99. The normalized spacial score (nSPS) is 11.1. The van der Waals surface area contributed by atoms with Gasteiger partial charge in [0, 0.05) is 18.4 Å². The number of unbranched alkanes of at least 4 members (excludes halogenated alkanes) is 1. The first-order valence-corrected chi connectivity index (χ1v) is 9.99. The van der Waals surface area contributed by atoms with Gasteiger partial charge in [-0.2, -0.15) is 0 Å². The van der Waals surface area contributed by atoms with Crippen LogP contribution in [-0.2, 0) is 11.3 Å². The number of hydrogen-bond acceptors (Lipinski definition) is 5. The molecule has 0 fully saturated rings. The lowest BCUT2D eigenvalue weighted by molar-refractivity contribution is -0.113. The van der Waals surface area contributed by atoms with E-state index in [-0.39, 0.29) is 22.4 Å². The Labute approximate surface area is 165 Å². The number of H-pyrrole nitrogens is 1. The van der Waals surface area contributed by atoms with Crippen LogP contribution in [0.15, 0.2) is 34.3 Å². The Morgan fingerprint density at radius 1 is 1.44 bits per heavy atom. The van der Waals surface area contributed by atoms with Crippen LogP contribution in [0.5, 0.6) is 0 Å². The molecule has 0 aliphatic rings. The molecule has 0 saturated heterocycles. The van der Waals surface area contributed by atoms with E-state index in [0.717, 1.165) is 18.5 Å². The van der Waals surface area contributed by atoms with Crippen molar-refractivity contribution >= 4 is 46.0 Å². The molecule has 0 aromatic carbocycles. The largest absolute Gasteiger partial charge is 0.353 e. The number of fused-ring (bicyclic) bond motifs is 1. The molecule has 142 valence electrons. The van der Waals surface area contributed by atoms with Gasteiger partial charge in [0.25, 0.3) is 5.56 Å². The van der Waals surface area contributed by atoms with E-state index < -0.39 is 0 Å². The van der Waals surface area contributed by atoms with Gasteiger partial charge in [0.15, 0.2) is 10.3 Å². The minimum atomic E-state index is -0.239. The molecule has 7 nitrogen and oxygen atoms in total. The predicted octanol–water partition coefficient (Wildman–Crippen LogP) is 3.61. The van der Waals surface area contributed by atoms with Crippen molar-refractivity contribution in [3.05, 3.63) is 45.6 Å². The van der Waals surface area contributed by atoms with Crippen molar-refractivity contribution in [1.29, 1.82) is 0 Å². The number of pyridine rings is 1. The fraction of sp³-hybridized carbons (Fsp3) is 0.333. The summed E-state index contributed by atoms with van der Waals surface area (Å²) in [7, 11) is 0. The average Bonchev–Trinajstić information content (AvgIpc) is 3.02. The van der Waals surface area contributed by atoms with Crippen molar-refractivity contribution in [3.63, 3.8) is 0 Å². The highest BCUT2D eigenvalue weighted by Gasteiger charge is 2.15. The molecule has 2 N–H and O–H groups in total. The molecule has 3 aromatic rings. The van der Waals surface area contributed by atoms with Crippen LogP contribution in [0.3, 0.4) is 0 Å². The maximum absolute atomic E-state index is 12.8. The third-order valence-corrected chi connectivity index (χ3v) is 5.22. The van der Waals surface area contributed by atoms with Crippen LogP contribution < -0.4 is 10.9 Å². The maximum atomic E-state index is 12.8. The highest BCUT2D eigenvalue weighted by atomic mass is 35.5. The van der Waals surface area contributed by atoms with E-state index in [4.69, 9.17) is 11.6 Å². The van der Waals surface area contributed by atoms with Crippen molar-refractivity contribution in [1.82, 2.24) is 19.5 Å². The molecular weight excluding hydrogens is 386 g/mol. The van der Waals surface area contributed by atoms with E-state index in [9.17, 15) is 9.59 Å². The fourth-order valence-electron chi connectivity index (χ4n) is 2.63. The van der Waals surface area contributed by atoms with Crippen molar-refractivity contribution in [2.24, 2.45) is 0 Å².